The average molecular weight is 348 g/mol. The number of halogens is 2. The van der Waals surface area contributed by atoms with E-state index in [1.807, 2.05) is 32.0 Å². The summed E-state index contributed by atoms with van der Waals surface area (Å²) < 4.78 is 29.8. The number of ether oxygens (including phenoxy) is 1. The molecule has 0 spiro atoms. The molecule has 0 aliphatic rings. The predicted molar refractivity (Wildman–Crippen MR) is 92.9 cm³/mol. The van der Waals surface area contributed by atoms with Crippen molar-refractivity contribution in [3.05, 3.63) is 64.7 Å². The van der Waals surface area contributed by atoms with Crippen molar-refractivity contribution >= 4 is 5.91 Å². The highest BCUT2D eigenvalue weighted by molar-refractivity contribution is 5.94. The third-order valence-corrected chi connectivity index (χ3v) is 3.88. The van der Waals surface area contributed by atoms with Gasteiger partial charge in [-0.1, -0.05) is 29.8 Å². The van der Waals surface area contributed by atoms with E-state index >= 15 is 0 Å². The number of aryl methyl sites for hydroxylation is 1. The number of rotatable bonds is 7. The molecule has 4 nitrogen and oxygen atoms in total. The summed E-state index contributed by atoms with van der Waals surface area (Å²) in [5.74, 6) is 0.0147. The van der Waals surface area contributed by atoms with Crippen molar-refractivity contribution in [2.24, 2.45) is 0 Å². The van der Waals surface area contributed by atoms with Crippen molar-refractivity contribution in [2.45, 2.75) is 33.0 Å². The lowest BCUT2D eigenvalue weighted by molar-refractivity contribution is -0.0506. The molecular weight excluding hydrogens is 326 g/mol. The fourth-order valence-electron chi connectivity index (χ4n) is 2.56. The van der Waals surface area contributed by atoms with Gasteiger partial charge in [-0.05, 0) is 37.6 Å². The van der Waals surface area contributed by atoms with Gasteiger partial charge in [0.15, 0.2) is 0 Å². The van der Waals surface area contributed by atoms with Crippen LogP contribution in [0.25, 0.3) is 0 Å². The molecule has 0 bridgehead atoms. The summed E-state index contributed by atoms with van der Waals surface area (Å²) in [5.41, 5.74) is 3.14. The third-order valence-electron chi connectivity index (χ3n) is 3.88. The zero-order valence-corrected chi connectivity index (χ0v) is 14.5. The van der Waals surface area contributed by atoms with Gasteiger partial charge in [-0.15, -0.1) is 0 Å². The summed E-state index contributed by atoms with van der Waals surface area (Å²) >= 11 is 0. The van der Waals surface area contributed by atoms with Crippen LogP contribution in [0.1, 0.15) is 40.0 Å². The number of alkyl halides is 2. The lowest BCUT2D eigenvalue weighted by atomic mass is 10.0. The first-order valence-electron chi connectivity index (χ1n) is 8.00. The normalized spacial score (nSPS) is 12.1. The summed E-state index contributed by atoms with van der Waals surface area (Å²) in [6.07, 6.45) is 0. The van der Waals surface area contributed by atoms with Crippen LogP contribution in [0.3, 0.4) is 0 Å². The van der Waals surface area contributed by atoms with Crippen LogP contribution in [0.4, 0.5) is 8.78 Å². The molecule has 2 aromatic rings. The molecule has 1 atom stereocenters. The first-order chi connectivity index (χ1) is 11.9. The van der Waals surface area contributed by atoms with E-state index in [4.69, 9.17) is 0 Å². The third kappa shape index (κ3) is 5.26. The van der Waals surface area contributed by atoms with E-state index in [9.17, 15) is 13.6 Å². The first-order valence-corrected chi connectivity index (χ1v) is 8.00. The Hall–Kier alpha value is -2.47. The second-order valence-corrected chi connectivity index (χ2v) is 5.80. The van der Waals surface area contributed by atoms with Gasteiger partial charge in [0.1, 0.15) is 5.75 Å². The Bertz CT molecular complexity index is 735. The molecule has 6 heteroatoms. The quantitative estimate of drug-likeness (QED) is 0.800. The monoisotopic (exact) mass is 348 g/mol. The highest BCUT2D eigenvalue weighted by atomic mass is 19.3. The van der Waals surface area contributed by atoms with Crippen molar-refractivity contribution in [1.82, 2.24) is 10.6 Å². The molecule has 0 aliphatic heterocycles. The fraction of sp³-hybridized carbons (Fsp3) is 0.316. The number of hydrogen-bond acceptors (Lipinski definition) is 3. The molecule has 0 aromatic heterocycles. The molecule has 0 heterocycles. The van der Waals surface area contributed by atoms with Gasteiger partial charge in [0.25, 0.3) is 5.91 Å². The molecule has 2 N–H and O–H groups in total. The van der Waals surface area contributed by atoms with Crippen molar-refractivity contribution in [3.8, 4) is 5.75 Å². The lowest BCUT2D eigenvalue weighted by Crippen LogP contribution is -2.21. The van der Waals surface area contributed by atoms with Crippen LogP contribution in [-0.2, 0) is 6.54 Å². The van der Waals surface area contributed by atoms with E-state index in [0.717, 1.165) is 11.1 Å². The summed E-state index contributed by atoms with van der Waals surface area (Å²) in [7, 11) is 1.58. The van der Waals surface area contributed by atoms with Crippen molar-refractivity contribution in [1.29, 1.82) is 0 Å². The van der Waals surface area contributed by atoms with E-state index in [2.05, 4.69) is 15.4 Å². The maximum atomic E-state index is 12.6. The molecule has 1 amide bonds. The molecule has 0 saturated carbocycles. The van der Waals surface area contributed by atoms with Crippen LogP contribution in [0, 0.1) is 6.92 Å². The molecule has 0 aliphatic carbocycles. The number of carbonyl (C=O) groups excluding carboxylic acids is 1. The van der Waals surface area contributed by atoms with Gasteiger partial charge >= 0.3 is 6.61 Å². The van der Waals surface area contributed by atoms with Crippen molar-refractivity contribution in [3.63, 3.8) is 0 Å². The van der Waals surface area contributed by atoms with E-state index in [0.29, 0.717) is 17.7 Å². The molecule has 25 heavy (non-hydrogen) atoms. The molecule has 0 radical (unpaired) electrons. The van der Waals surface area contributed by atoms with Gasteiger partial charge in [0.2, 0.25) is 0 Å². The maximum absolute atomic E-state index is 12.6. The van der Waals surface area contributed by atoms with Gasteiger partial charge in [-0.25, -0.2) is 0 Å². The Morgan fingerprint density at radius 1 is 1.20 bits per heavy atom. The lowest BCUT2D eigenvalue weighted by Gasteiger charge is -2.19. The highest BCUT2D eigenvalue weighted by Crippen LogP contribution is 2.28. The average Bonchev–Trinajstić information content (AvgIpc) is 2.60. The van der Waals surface area contributed by atoms with Gasteiger partial charge in [0.05, 0.1) is 0 Å². The SMILES string of the molecule is CNC(=O)c1cccc(CN[C@@H](C)c2cc(C)ccc2OC(F)F)c1. The standard InChI is InChI=1S/C19H22F2N2O2/c1-12-7-8-17(25-19(20)21)16(9-12)13(2)23-11-14-5-4-6-15(10-14)18(24)22-3/h4-10,13,19,23H,11H2,1-3H3,(H,22,24)/t13-/m0/s1. The highest BCUT2D eigenvalue weighted by Gasteiger charge is 2.15. The Morgan fingerprint density at radius 2 is 1.96 bits per heavy atom. The minimum atomic E-state index is -2.86. The van der Waals surface area contributed by atoms with Gasteiger partial charge in [-0.3, -0.25) is 4.79 Å². The second kappa shape index (κ2) is 8.58. The molecule has 134 valence electrons. The Kier molecular flexibility index (Phi) is 6.47. The van der Waals surface area contributed by atoms with Gasteiger partial charge < -0.3 is 15.4 Å². The fourth-order valence-corrected chi connectivity index (χ4v) is 2.56. The number of hydrogen-bond donors (Lipinski definition) is 2. The minimum Gasteiger partial charge on any atom is -0.434 e. The molecule has 2 rings (SSSR count). The molecule has 0 unspecified atom stereocenters. The molecule has 0 fully saturated rings. The number of benzene rings is 2. The summed E-state index contributed by atoms with van der Waals surface area (Å²) in [6.45, 7) is 1.41. The smallest absolute Gasteiger partial charge is 0.387 e. The first kappa shape index (κ1) is 18.9. The minimum absolute atomic E-state index is 0.152. The summed E-state index contributed by atoms with van der Waals surface area (Å²) in [4.78, 5) is 11.7. The summed E-state index contributed by atoms with van der Waals surface area (Å²) in [6, 6.07) is 12.2. The second-order valence-electron chi connectivity index (χ2n) is 5.80. The molecular formula is C19H22F2N2O2. The topological polar surface area (TPSA) is 50.4 Å². The Morgan fingerprint density at radius 3 is 2.64 bits per heavy atom. The molecule has 2 aromatic carbocycles. The predicted octanol–water partition coefficient (Wildman–Crippen LogP) is 3.81. The van der Waals surface area contributed by atoms with Crippen LogP contribution in [0.5, 0.6) is 5.75 Å². The van der Waals surface area contributed by atoms with Crippen molar-refractivity contribution in [2.75, 3.05) is 7.05 Å². The Labute approximate surface area is 146 Å². The Balaban J connectivity index is 2.11. The maximum Gasteiger partial charge on any atom is 0.387 e. The number of amides is 1. The van der Waals surface area contributed by atoms with E-state index in [-0.39, 0.29) is 17.7 Å². The zero-order valence-electron chi connectivity index (χ0n) is 14.5. The largest absolute Gasteiger partial charge is 0.434 e. The van der Waals surface area contributed by atoms with Crippen LogP contribution in [0.2, 0.25) is 0 Å². The van der Waals surface area contributed by atoms with Crippen LogP contribution >= 0.6 is 0 Å². The number of nitrogens with one attached hydrogen (secondary N) is 2. The number of carbonyl (C=O) groups is 1. The zero-order chi connectivity index (χ0) is 18.4. The van der Waals surface area contributed by atoms with Crippen LogP contribution in [-0.4, -0.2) is 19.6 Å². The van der Waals surface area contributed by atoms with Crippen molar-refractivity contribution < 1.29 is 18.3 Å². The van der Waals surface area contributed by atoms with E-state index in [1.54, 1.807) is 31.3 Å². The van der Waals surface area contributed by atoms with E-state index in [1.165, 1.54) is 0 Å². The van der Waals surface area contributed by atoms with Gasteiger partial charge in [-0.2, -0.15) is 8.78 Å². The van der Waals surface area contributed by atoms with Crippen LogP contribution in [0.15, 0.2) is 42.5 Å². The summed E-state index contributed by atoms with van der Waals surface area (Å²) in [5, 5.41) is 5.87. The van der Waals surface area contributed by atoms with Crippen LogP contribution < -0.4 is 15.4 Å². The van der Waals surface area contributed by atoms with E-state index < -0.39 is 6.61 Å². The molecule has 0 saturated heterocycles. The van der Waals surface area contributed by atoms with Gasteiger partial charge in [0, 0.05) is 30.8 Å².